The summed E-state index contributed by atoms with van der Waals surface area (Å²) in [6.07, 6.45) is 4.52. The van der Waals surface area contributed by atoms with Gasteiger partial charge in [-0.15, -0.1) is 0 Å². The maximum absolute atomic E-state index is 14.1. The number of rotatable bonds is 3. The average Bonchev–Trinajstić information content (AvgIpc) is 3.10. The number of carbonyl (C=O) groups excluding carboxylic acids is 2. The number of benzene rings is 1. The molecule has 1 aromatic carbocycles. The molecule has 0 radical (unpaired) electrons. The van der Waals surface area contributed by atoms with Crippen LogP contribution in [0.2, 0.25) is 0 Å². The van der Waals surface area contributed by atoms with E-state index in [2.05, 4.69) is 5.32 Å². The maximum Gasteiger partial charge on any atom is 0.246 e. The van der Waals surface area contributed by atoms with Gasteiger partial charge in [-0.05, 0) is 38.3 Å². The SMILES string of the molecule is CC1(C(=O)NC2CCCC2)CCC(=O)N1c1ccc(F)cc1F. The molecule has 1 N–H and O–H groups in total. The Labute approximate surface area is 133 Å². The molecule has 0 aromatic heterocycles. The lowest BCUT2D eigenvalue weighted by atomic mass is 9.96. The molecule has 1 aliphatic heterocycles. The van der Waals surface area contributed by atoms with E-state index in [-0.39, 0.29) is 30.0 Å². The molecule has 2 amide bonds. The standard InChI is InChI=1S/C17H20F2N2O2/c1-17(16(23)20-12-4-2-3-5-12)9-8-15(22)21(17)14-7-6-11(18)10-13(14)19/h6-7,10,12H,2-5,8-9H2,1H3,(H,20,23). The molecule has 2 fully saturated rings. The molecule has 4 nitrogen and oxygen atoms in total. The summed E-state index contributed by atoms with van der Waals surface area (Å²) >= 11 is 0. The van der Waals surface area contributed by atoms with E-state index in [4.69, 9.17) is 0 Å². The van der Waals surface area contributed by atoms with Crippen LogP contribution in [0.15, 0.2) is 18.2 Å². The van der Waals surface area contributed by atoms with Crippen molar-refractivity contribution < 1.29 is 18.4 Å². The fraction of sp³-hybridized carbons (Fsp3) is 0.529. The summed E-state index contributed by atoms with van der Waals surface area (Å²) in [5, 5.41) is 2.98. The van der Waals surface area contributed by atoms with Crippen molar-refractivity contribution >= 4 is 17.5 Å². The molecular weight excluding hydrogens is 302 g/mol. The number of hydrogen-bond acceptors (Lipinski definition) is 2. The Hall–Kier alpha value is -1.98. The van der Waals surface area contributed by atoms with E-state index in [9.17, 15) is 18.4 Å². The molecule has 124 valence electrons. The van der Waals surface area contributed by atoms with Crippen molar-refractivity contribution in [1.29, 1.82) is 0 Å². The van der Waals surface area contributed by atoms with Crippen LogP contribution in [0.4, 0.5) is 14.5 Å². The molecule has 1 saturated carbocycles. The van der Waals surface area contributed by atoms with Crippen LogP contribution in [0.5, 0.6) is 0 Å². The number of nitrogens with one attached hydrogen (secondary N) is 1. The largest absolute Gasteiger partial charge is 0.351 e. The van der Waals surface area contributed by atoms with Crippen LogP contribution in [-0.2, 0) is 9.59 Å². The van der Waals surface area contributed by atoms with Gasteiger partial charge in [0.1, 0.15) is 17.2 Å². The molecule has 3 rings (SSSR count). The molecule has 2 aliphatic rings. The number of anilines is 1. The van der Waals surface area contributed by atoms with E-state index in [0.29, 0.717) is 6.42 Å². The van der Waals surface area contributed by atoms with Crippen molar-refractivity contribution in [1.82, 2.24) is 5.32 Å². The Morgan fingerprint density at radius 3 is 2.65 bits per heavy atom. The summed E-state index contributed by atoms with van der Waals surface area (Å²) in [7, 11) is 0. The highest BCUT2D eigenvalue weighted by molar-refractivity contribution is 6.06. The third-order valence-electron chi connectivity index (χ3n) is 4.90. The summed E-state index contributed by atoms with van der Waals surface area (Å²) in [5.74, 6) is -2.13. The summed E-state index contributed by atoms with van der Waals surface area (Å²) in [6, 6.07) is 3.17. The van der Waals surface area contributed by atoms with Crippen LogP contribution in [0.25, 0.3) is 0 Å². The molecule has 0 bridgehead atoms. The first kappa shape index (κ1) is 15.9. The van der Waals surface area contributed by atoms with Crippen molar-refractivity contribution in [3.8, 4) is 0 Å². The van der Waals surface area contributed by atoms with Crippen LogP contribution in [-0.4, -0.2) is 23.4 Å². The smallest absolute Gasteiger partial charge is 0.246 e. The van der Waals surface area contributed by atoms with Gasteiger partial charge in [0, 0.05) is 18.5 Å². The van der Waals surface area contributed by atoms with Gasteiger partial charge in [0.15, 0.2) is 0 Å². The van der Waals surface area contributed by atoms with Crippen LogP contribution in [0.3, 0.4) is 0 Å². The number of halogens is 2. The second kappa shape index (κ2) is 5.91. The predicted molar refractivity (Wildman–Crippen MR) is 81.9 cm³/mol. The van der Waals surface area contributed by atoms with Crippen molar-refractivity contribution in [2.45, 2.75) is 57.0 Å². The first-order valence-electron chi connectivity index (χ1n) is 8.01. The van der Waals surface area contributed by atoms with Crippen LogP contribution in [0, 0.1) is 11.6 Å². The minimum atomic E-state index is -1.14. The van der Waals surface area contributed by atoms with Gasteiger partial charge < -0.3 is 5.32 Å². The Morgan fingerprint density at radius 2 is 2.00 bits per heavy atom. The highest BCUT2D eigenvalue weighted by Gasteiger charge is 2.49. The van der Waals surface area contributed by atoms with Gasteiger partial charge in [-0.2, -0.15) is 0 Å². The number of hydrogen-bond donors (Lipinski definition) is 1. The summed E-state index contributed by atoms with van der Waals surface area (Å²) in [6.45, 7) is 1.64. The number of carbonyl (C=O) groups is 2. The lowest BCUT2D eigenvalue weighted by Crippen LogP contribution is -2.56. The van der Waals surface area contributed by atoms with E-state index < -0.39 is 17.2 Å². The molecule has 1 atom stereocenters. The zero-order chi connectivity index (χ0) is 16.6. The molecule has 1 heterocycles. The van der Waals surface area contributed by atoms with Gasteiger partial charge >= 0.3 is 0 Å². The Balaban J connectivity index is 1.89. The monoisotopic (exact) mass is 322 g/mol. The molecule has 0 spiro atoms. The fourth-order valence-electron chi connectivity index (χ4n) is 3.54. The molecular formula is C17H20F2N2O2. The van der Waals surface area contributed by atoms with Gasteiger partial charge in [-0.25, -0.2) is 8.78 Å². The lowest BCUT2D eigenvalue weighted by Gasteiger charge is -2.35. The van der Waals surface area contributed by atoms with Crippen molar-refractivity contribution in [2.75, 3.05) is 4.90 Å². The number of nitrogens with zero attached hydrogens (tertiary/aromatic N) is 1. The van der Waals surface area contributed by atoms with E-state index in [1.807, 2.05) is 0 Å². The first-order valence-corrected chi connectivity index (χ1v) is 8.01. The van der Waals surface area contributed by atoms with Crippen molar-refractivity contribution in [2.24, 2.45) is 0 Å². The summed E-state index contributed by atoms with van der Waals surface area (Å²) in [4.78, 5) is 26.2. The van der Waals surface area contributed by atoms with Crippen molar-refractivity contribution in [3.63, 3.8) is 0 Å². The molecule has 23 heavy (non-hydrogen) atoms. The third kappa shape index (κ3) is 2.82. The van der Waals surface area contributed by atoms with Gasteiger partial charge in [0.2, 0.25) is 11.8 Å². The highest BCUT2D eigenvalue weighted by Crippen LogP contribution is 2.37. The van der Waals surface area contributed by atoms with Gasteiger partial charge in [0.25, 0.3) is 0 Å². The predicted octanol–water partition coefficient (Wildman–Crippen LogP) is 2.91. The highest BCUT2D eigenvalue weighted by atomic mass is 19.1. The molecule has 1 aromatic rings. The quantitative estimate of drug-likeness (QED) is 0.930. The van der Waals surface area contributed by atoms with Gasteiger partial charge in [-0.1, -0.05) is 12.8 Å². The van der Waals surface area contributed by atoms with E-state index in [1.165, 1.54) is 11.0 Å². The zero-order valence-electron chi connectivity index (χ0n) is 13.1. The number of amides is 2. The topological polar surface area (TPSA) is 49.4 Å². The Kier molecular flexibility index (Phi) is 4.08. The minimum absolute atomic E-state index is 0.0435. The fourth-order valence-corrected chi connectivity index (χ4v) is 3.54. The Bertz CT molecular complexity index is 643. The second-order valence-electron chi connectivity index (χ2n) is 6.55. The molecule has 1 saturated heterocycles. The minimum Gasteiger partial charge on any atom is -0.351 e. The van der Waals surface area contributed by atoms with E-state index in [1.54, 1.807) is 6.92 Å². The van der Waals surface area contributed by atoms with Crippen LogP contribution >= 0.6 is 0 Å². The third-order valence-corrected chi connectivity index (χ3v) is 4.90. The molecule has 1 unspecified atom stereocenters. The summed E-state index contributed by atoms with van der Waals surface area (Å²) in [5.41, 5.74) is -1.18. The zero-order valence-corrected chi connectivity index (χ0v) is 13.1. The van der Waals surface area contributed by atoms with Crippen LogP contribution in [0.1, 0.15) is 45.4 Å². The van der Waals surface area contributed by atoms with Gasteiger partial charge in [-0.3, -0.25) is 14.5 Å². The Morgan fingerprint density at radius 1 is 1.30 bits per heavy atom. The van der Waals surface area contributed by atoms with E-state index >= 15 is 0 Å². The van der Waals surface area contributed by atoms with E-state index in [0.717, 1.165) is 37.8 Å². The summed E-state index contributed by atoms with van der Waals surface area (Å²) < 4.78 is 27.3. The van der Waals surface area contributed by atoms with Crippen molar-refractivity contribution in [3.05, 3.63) is 29.8 Å². The average molecular weight is 322 g/mol. The van der Waals surface area contributed by atoms with Crippen LogP contribution < -0.4 is 10.2 Å². The lowest BCUT2D eigenvalue weighted by molar-refractivity contribution is -0.127. The van der Waals surface area contributed by atoms with Gasteiger partial charge in [0.05, 0.1) is 5.69 Å². The molecule has 6 heteroatoms. The first-order chi connectivity index (χ1) is 10.9. The molecule has 1 aliphatic carbocycles. The maximum atomic E-state index is 14.1. The normalized spacial score (nSPS) is 25.2. The second-order valence-corrected chi connectivity index (χ2v) is 6.55.